The van der Waals surface area contributed by atoms with Gasteiger partial charge in [-0.25, -0.2) is 4.98 Å². The van der Waals surface area contributed by atoms with Gasteiger partial charge in [-0.15, -0.1) is 0 Å². The highest BCUT2D eigenvalue weighted by Gasteiger charge is 2.10. The number of aromatic nitrogens is 2. The summed E-state index contributed by atoms with van der Waals surface area (Å²) in [5, 5.41) is 11.3. The summed E-state index contributed by atoms with van der Waals surface area (Å²) in [5.41, 5.74) is 2.27. The molecule has 0 radical (unpaired) electrons. The van der Waals surface area contributed by atoms with Crippen molar-refractivity contribution in [3.63, 3.8) is 0 Å². The van der Waals surface area contributed by atoms with E-state index in [2.05, 4.69) is 21.4 Å². The molecule has 3 aromatic rings. The molecule has 0 aliphatic rings. The minimum absolute atomic E-state index is 0.249. The molecule has 6 nitrogen and oxygen atoms in total. The summed E-state index contributed by atoms with van der Waals surface area (Å²) >= 11 is 0. The molecular weight excluding hydrogens is 316 g/mol. The first kappa shape index (κ1) is 16.4. The number of anilines is 1. The van der Waals surface area contributed by atoms with Crippen LogP contribution in [0, 0.1) is 11.3 Å². The van der Waals surface area contributed by atoms with Crippen LogP contribution in [0.1, 0.15) is 23.3 Å². The lowest BCUT2D eigenvalue weighted by atomic mass is 10.2. The van der Waals surface area contributed by atoms with Gasteiger partial charge in [0.2, 0.25) is 0 Å². The Balaban J connectivity index is 1.68. The third-order valence-corrected chi connectivity index (χ3v) is 3.47. The molecule has 1 N–H and O–H groups in total. The molecule has 0 atom stereocenters. The van der Waals surface area contributed by atoms with Crippen molar-refractivity contribution in [1.29, 1.82) is 5.26 Å². The smallest absolute Gasteiger partial charge is 0.275 e. The largest absolute Gasteiger partial charge is 0.493 e. The Kier molecular flexibility index (Phi) is 5.17. The van der Waals surface area contributed by atoms with Gasteiger partial charge in [0.25, 0.3) is 5.91 Å². The van der Waals surface area contributed by atoms with Gasteiger partial charge in [0.15, 0.2) is 0 Å². The topological polar surface area (TPSA) is 87.9 Å². The lowest BCUT2D eigenvalue weighted by Gasteiger charge is -2.08. The van der Waals surface area contributed by atoms with Gasteiger partial charge >= 0.3 is 0 Å². The van der Waals surface area contributed by atoms with E-state index in [1.54, 1.807) is 24.3 Å². The molecule has 1 heterocycles. The molecule has 1 amide bonds. The predicted molar refractivity (Wildman–Crippen MR) is 94.3 cm³/mol. The number of nitrogens with one attached hydrogen (secondary N) is 1. The van der Waals surface area contributed by atoms with Crippen LogP contribution in [0.2, 0.25) is 0 Å². The summed E-state index contributed by atoms with van der Waals surface area (Å²) in [6.07, 6.45) is 2.58. The molecule has 0 unspecified atom stereocenters. The van der Waals surface area contributed by atoms with E-state index in [1.807, 2.05) is 24.3 Å². The SMILES string of the molecule is N#CCCCOc1cccc(NC(=O)c2cnc3ccccc3n2)c1. The number of unbranched alkanes of at least 4 members (excludes halogenated alkanes) is 1. The van der Waals surface area contributed by atoms with Crippen molar-refractivity contribution in [2.45, 2.75) is 12.8 Å². The van der Waals surface area contributed by atoms with Gasteiger partial charge in [-0.1, -0.05) is 18.2 Å². The zero-order valence-electron chi connectivity index (χ0n) is 13.5. The van der Waals surface area contributed by atoms with Crippen molar-refractivity contribution in [3.05, 3.63) is 60.4 Å². The maximum Gasteiger partial charge on any atom is 0.275 e. The third kappa shape index (κ3) is 4.30. The van der Waals surface area contributed by atoms with Crippen LogP contribution in [0.4, 0.5) is 5.69 Å². The molecule has 0 fully saturated rings. The highest BCUT2D eigenvalue weighted by atomic mass is 16.5. The van der Waals surface area contributed by atoms with Crippen LogP contribution < -0.4 is 10.1 Å². The van der Waals surface area contributed by atoms with Gasteiger partial charge in [0, 0.05) is 18.2 Å². The van der Waals surface area contributed by atoms with E-state index in [0.717, 1.165) is 5.52 Å². The fourth-order valence-electron chi connectivity index (χ4n) is 2.27. The van der Waals surface area contributed by atoms with Crippen LogP contribution >= 0.6 is 0 Å². The predicted octanol–water partition coefficient (Wildman–Crippen LogP) is 3.56. The van der Waals surface area contributed by atoms with Crippen molar-refractivity contribution < 1.29 is 9.53 Å². The van der Waals surface area contributed by atoms with Gasteiger partial charge in [-0.3, -0.25) is 9.78 Å². The van der Waals surface area contributed by atoms with E-state index in [0.29, 0.717) is 36.4 Å². The molecule has 25 heavy (non-hydrogen) atoms. The molecule has 0 saturated heterocycles. The highest BCUT2D eigenvalue weighted by molar-refractivity contribution is 6.03. The zero-order chi connectivity index (χ0) is 17.5. The highest BCUT2D eigenvalue weighted by Crippen LogP contribution is 2.18. The Bertz CT molecular complexity index is 934. The summed E-state index contributed by atoms with van der Waals surface area (Å²) in [4.78, 5) is 21.0. The van der Waals surface area contributed by atoms with Crippen LogP contribution in [0.25, 0.3) is 11.0 Å². The molecule has 0 spiro atoms. The lowest BCUT2D eigenvalue weighted by molar-refractivity contribution is 0.102. The normalized spacial score (nSPS) is 10.2. The number of rotatable bonds is 6. The zero-order valence-corrected chi connectivity index (χ0v) is 13.5. The Hall–Kier alpha value is -3.46. The molecule has 0 saturated carbocycles. The van der Waals surface area contributed by atoms with Crippen molar-refractivity contribution >= 4 is 22.6 Å². The number of carbonyl (C=O) groups is 1. The molecule has 3 rings (SSSR count). The number of ether oxygens (including phenoxy) is 1. The van der Waals surface area contributed by atoms with E-state index in [4.69, 9.17) is 10.00 Å². The summed E-state index contributed by atoms with van der Waals surface area (Å²) in [5.74, 6) is 0.306. The maximum atomic E-state index is 12.4. The second-order valence-corrected chi connectivity index (χ2v) is 5.34. The average Bonchev–Trinajstić information content (AvgIpc) is 2.65. The minimum atomic E-state index is -0.333. The number of nitrogens with zero attached hydrogens (tertiary/aromatic N) is 3. The Morgan fingerprint density at radius 2 is 2.00 bits per heavy atom. The number of para-hydroxylation sites is 2. The number of carbonyl (C=O) groups excluding carboxylic acids is 1. The summed E-state index contributed by atoms with van der Waals surface area (Å²) in [6.45, 7) is 0.459. The van der Waals surface area contributed by atoms with Crippen molar-refractivity contribution in [2.24, 2.45) is 0 Å². The fourth-order valence-corrected chi connectivity index (χ4v) is 2.27. The second kappa shape index (κ2) is 7.88. The first-order valence-electron chi connectivity index (χ1n) is 7.89. The number of benzene rings is 2. The van der Waals surface area contributed by atoms with Gasteiger partial charge in [-0.05, 0) is 30.7 Å². The van der Waals surface area contributed by atoms with Crippen LogP contribution in [0.5, 0.6) is 5.75 Å². The van der Waals surface area contributed by atoms with Crippen LogP contribution in [-0.2, 0) is 0 Å². The summed E-state index contributed by atoms with van der Waals surface area (Å²) in [7, 11) is 0. The first-order chi connectivity index (χ1) is 12.3. The van der Waals surface area contributed by atoms with Crippen LogP contribution in [0.15, 0.2) is 54.7 Å². The maximum absolute atomic E-state index is 12.4. The second-order valence-electron chi connectivity index (χ2n) is 5.34. The molecular formula is C19H16N4O2. The van der Waals surface area contributed by atoms with Gasteiger partial charge < -0.3 is 10.1 Å². The minimum Gasteiger partial charge on any atom is -0.493 e. The number of amides is 1. The van der Waals surface area contributed by atoms with Gasteiger partial charge in [-0.2, -0.15) is 5.26 Å². The molecule has 1 aromatic heterocycles. The molecule has 0 aliphatic carbocycles. The van der Waals surface area contributed by atoms with Crippen LogP contribution in [-0.4, -0.2) is 22.5 Å². The molecule has 0 bridgehead atoms. The molecule has 2 aromatic carbocycles. The number of hydrogen-bond donors (Lipinski definition) is 1. The van der Waals surface area contributed by atoms with Gasteiger partial charge in [0.1, 0.15) is 11.4 Å². The monoisotopic (exact) mass is 332 g/mol. The van der Waals surface area contributed by atoms with E-state index >= 15 is 0 Å². The quantitative estimate of drug-likeness (QED) is 0.697. The standard InChI is InChI=1S/C19H16N4O2/c20-10-3-4-11-25-15-7-5-6-14(12-15)22-19(24)18-13-21-16-8-1-2-9-17(16)23-18/h1-2,5-9,12-13H,3-4,11H2,(H,22,24). The Morgan fingerprint density at radius 3 is 2.84 bits per heavy atom. The Morgan fingerprint density at radius 1 is 1.16 bits per heavy atom. The van der Waals surface area contributed by atoms with Crippen molar-refractivity contribution in [1.82, 2.24) is 9.97 Å². The van der Waals surface area contributed by atoms with E-state index < -0.39 is 0 Å². The van der Waals surface area contributed by atoms with Crippen molar-refractivity contribution in [3.8, 4) is 11.8 Å². The fraction of sp³-hybridized carbons (Fsp3) is 0.158. The summed E-state index contributed by atoms with van der Waals surface area (Å²) in [6, 6.07) is 16.6. The molecule has 6 heteroatoms. The van der Waals surface area contributed by atoms with E-state index in [9.17, 15) is 4.79 Å². The van der Waals surface area contributed by atoms with E-state index in [1.165, 1.54) is 6.20 Å². The number of nitriles is 1. The molecule has 124 valence electrons. The van der Waals surface area contributed by atoms with E-state index in [-0.39, 0.29) is 11.6 Å². The number of fused-ring (bicyclic) bond motifs is 1. The first-order valence-corrected chi connectivity index (χ1v) is 7.89. The third-order valence-electron chi connectivity index (χ3n) is 3.47. The lowest BCUT2D eigenvalue weighted by Crippen LogP contribution is -2.14. The summed E-state index contributed by atoms with van der Waals surface area (Å²) < 4.78 is 5.56. The van der Waals surface area contributed by atoms with Crippen LogP contribution in [0.3, 0.4) is 0 Å². The average molecular weight is 332 g/mol. The van der Waals surface area contributed by atoms with Gasteiger partial charge in [0.05, 0.1) is 29.9 Å². The molecule has 0 aliphatic heterocycles. The Labute approximate surface area is 145 Å². The number of hydrogen-bond acceptors (Lipinski definition) is 5. The van der Waals surface area contributed by atoms with Crippen molar-refractivity contribution in [2.75, 3.05) is 11.9 Å².